The van der Waals surface area contributed by atoms with Crippen molar-refractivity contribution in [1.82, 2.24) is 19.9 Å². The van der Waals surface area contributed by atoms with E-state index in [9.17, 15) is 4.79 Å². The van der Waals surface area contributed by atoms with Crippen molar-refractivity contribution in [3.63, 3.8) is 0 Å². The first-order valence-electron chi connectivity index (χ1n) is 8.45. The molecule has 0 radical (unpaired) electrons. The van der Waals surface area contributed by atoms with E-state index in [1.165, 1.54) is 5.56 Å². The monoisotopic (exact) mass is 334 g/mol. The SMILES string of the molecule is C/C(=C\C(=O)N[C@H](C)c1nnc2ccccn12)CCc1ccccc1. The van der Waals surface area contributed by atoms with Gasteiger partial charge in [-0.05, 0) is 44.4 Å². The standard InChI is InChI=1S/C20H22N4O/c1-15(11-12-17-8-4-3-5-9-17)14-19(25)21-16(2)20-23-22-18-10-6-7-13-24(18)20/h3-10,13-14,16H,11-12H2,1-2H3,(H,21,25)/b15-14+/t16-/m1/s1. The van der Waals surface area contributed by atoms with Crippen LogP contribution in [-0.2, 0) is 11.2 Å². The maximum absolute atomic E-state index is 12.3. The van der Waals surface area contributed by atoms with E-state index in [4.69, 9.17) is 0 Å². The van der Waals surface area contributed by atoms with Crippen molar-refractivity contribution in [2.45, 2.75) is 32.7 Å². The number of nitrogens with zero attached hydrogens (tertiary/aromatic N) is 3. The minimum atomic E-state index is -0.219. The molecule has 25 heavy (non-hydrogen) atoms. The minimum Gasteiger partial charge on any atom is -0.343 e. The number of carbonyl (C=O) groups is 1. The quantitative estimate of drug-likeness (QED) is 0.702. The zero-order valence-corrected chi connectivity index (χ0v) is 14.5. The van der Waals surface area contributed by atoms with Crippen LogP contribution < -0.4 is 5.32 Å². The number of pyridine rings is 1. The highest BCUT2D eigenvalue weighted by molar-refractivity contribution is 5.88. The van der Waals surface area contributed by atoms with Gasteiger partial charge in [0.2, 0.25) is 5.91 Å². The summed E-state index contributed by atoms with van der Waals surface area (Å²) in [6, 6.07) is 15.8. The number of amides is 1. The molecule has 0 unspecified atom stereocenters. The fourth-order valence-corrected chi connectivity index (χ4v) is 2.76. The molecule has 1 atom stereocenters. The average Bonchev–Trinajstić information content (AvgIpc) is 3.05. The third-order valence-corrected chi connectivity index (χ3v) is 4.11. The molecule has 0 saturated carbocycles. The number of hydrogen-bond acceptors (Lipinski definition) is 3. The van der Waals surface area contributed by atoms with E-state index >= 15 is 0 Å². The lowest BCUT2D eigenvalue weighted by molar-refractivity contribution is -0.117. The van der Waals surface area contributed by atoms with Crippen molar-refractivity contribution >= 4 is 11.6 Å². The van der Waals surface area contributed by atoms with E-state index in [2.05, 4.69) is 27.6 Å². The van der Waals surface area contributed by atoms with Gasteiger partial charge in [0.25, 0.3) is 0 Å². The summed E-state index contributed by atoms with van der Waals surface area (Å²) in [5.74, 6) is 0.616. The van der Waals surface area contributed by atoms with Gasteiger partial charge >= 0.3 is 0 Å². The van der Waals surface area contributed by atoms with E-state index < -0.39 is 0 Å². The van der Waals surface area contributed by atoms with Gasteiger partial charge in [0.1, 0.15) is 0 Å². The maximum atomic E-state index is 12.3. The molecule has 5 heteroatoms. The lowest BCUT2D eigenvalue weighted by atomic mass is 10.1. The van der Waals surface area contributed by atoms with Crippen LogP contribution in [0.25, 0.3) is 5.65 Å². The highest BCUT2D eigenvalue weighted by Crippen LogP contribution is 2.12. The van der Waals surface area contributed by atoms with Crippen LogP contribution in [0.15, 0.2) is 66.4 Å². The van der Waals surface area contributed by atoms with Crippen LogP contribution in [-0.4, -0.2) is 20.5 Å². The average molecular weight is 334 g/mol. The topological polar surface area (TPSA) is 59.3 Å². The van der Waals surface area contributed by atoms with Crippen molar-refractivity contribution in [1.29, 1.82) is 0 Å². The number of benzene rings is 1. The molecule has 2 aromatic heterocycles. The summed E-state index contributed by atoms with van der Waals surface area (Å²) in [6.07, 6.45) is 5.36. The molecule has 0 bridgehead atoms. The second-order valence-electron chi connectivity index (χ2n) is 6.19. The number of carbonyl (C=O) groups excluding carboxylic acids is 1. The molecule has 1 N–H and O–H groups in total. The first-order valence-corrected chi connectivity index (χ1v) is 8.45. The lowest BCUT2D eigenvalue weighted by Crippen LogP contribution is -2.26. The van der Waals surface area contributed by atoms with Gasteiger partial charge in [-0.2, -0.15) is 0 Å². The molecule has 0 saturated heterocycles. The molecule has 5 nitrogen and oxygen atoms in total. The Morgan fingerprint density at radius 3 is 2.72 bits per heavy atom. The van der Waals surface area contributed by atoms with E-state index in [1.54, 1.807) is 6.08 Å². The Hall–Kier alpha value is -2.95. The minimum absolute atomic E-state index is 0.106. The van der Waals surface area contributed by atoms with Crippen LogP contribution in [0.2, 0.25) is 0 Å². The van der Waals surface area contributed by atoms with E-state index in [0.29, 0.717) is 0 Å². The summed E-state index contributed by atoms with van der Waals surface area (Å²) in [4.78, 5) is 12.3. The van der Waals surface area contributed by atoms with Crippen molar-refractivity contribution in [3.8, 4) is 0 Å². The van der Waals surface area contributed by atoms with Crippen molar-refractivity contribution < 1.29 is 4.79 Å². The van der Waals surface area contributed by atoms with Crippen LogP contribution in [0, 0.1) is 0 Å². The zero-order chi connectivity index (χ0) is 17.6. The summed E-state index contributed by atoms with van der Waals surface area (Å²) < 4.78 is 1.89. The Morgan fingerprint density at radius 2 is 1.92 bits per heavy atom. The number of hydrogen-bond donors (Lipinski definition) is 1. The van der Waals surface area contributed by atoms with Crippen LogP contribution in [0.4, 0.5) is 0 Å². The van der Waals surface area contributed by atoms with Crippen LogP contribution in [0.3, 0.4) is 0 Å². The normalized spacial score (nSPS) is 13.0. The second-order valence-corrected chi connectivity index (χ2v) is 6.19. The van der Waals surface area contributed by atoms with Crippen molar-refractivity contribution in [2.24, 2.45) is 0 Å². The first kappa shape index (κ1) is 16.9. The van der Waals surface area contributed by atoms with Crippen molar-refractivity contribution in [2.75, 3.05) is 0 Å². The highest BCUT2D eigenvalue weighted by Gasteiger charge is 2.14. The molecular formula is C20H22N4O. The van der Waals surface area contributed by atoms with Gasteiger partial charge in [0.05, 0.1) is 6.04 Å². The molecule has 3 rings (SSSR count). The zero-order valence-electron chi connectivity index (χ0n) is 14.5. The molecule has 0 fully saturated rings. The van der Waals surface area contributed by atoms with Gasteiger partial charge < -0.3 is 5.32 Å². The van der Waals surface area contributed by atoms with E-state index in [1.807, 2.05) is 60.8 Å². The fraction of sp³-hybridized carbons (Fsp3) is 0.250. The number of allylic oxidation sites excluding steroid dienone is 1. The lowest BCUT2D eigenvalue weighted by Gasteiger charge is -2.11. The van der Waals surface area contributed by atoms with Gasteiger partial charge in [0.15, 0.2) is 11.5 Å². The van der Waals surface area contributed by atoms with Gasteiger partial charge in [-0.25, -0.2) is 0 Å². The Morgan fingerprint density at radius 1 is 1.16 bits per heavy atom. The van der Waals surface area contributed by atoms with Crippen LogP contribution >= 0.6 is 0 Å². The molecule has 1 amide bonds. The van der Waals surface area contributed by atoms with Crippen molar-refractivity contribution in [3.05, 3.63) is 77.8 Å². The highest BCUT2D eigenvalue weighted by atomic mass is 16.1. The summed E-state index contributed by atoms with van der Waals surface area (Å²) in [7, 11) is 0. The number of nitrogens with one attached hydrogen (secondary N) is 1. The summed E-state index contributed by atoms with van der Waals surface area (Å²) in [6.45, 7) is 3.90. The van der Waals surface area contributed by atoms with Crippen LogP contribution in [0.5, 0.6) is 0 Å². The fourth-order valence-electron chi connectivity index (χ4n) is 2.76. The molecule has 3 aromatic rings. The molecule has 0 aliphatic heterocycles. The summed E-state index contributed by atoms with van der Waals surface area (Å²) in [5.41, 5.74) is 3.10. The largest absolute Gasteiger partial charge is 0.343 e. The molecule has 0 aliphatic rings. The molecule has 0 spiro atoms. The van der Waals surface area contributed by atoms with E-state index in [0.717, 1.165) is 29.9 Å². The third-order valence-electron chi connectivity index (χ3n) is 4.11. The summed E-state index contributed by atoms with van der Waals surface area (Å²) in [5, 5.41) is 11.3. The molecule has 1 aromatic carbocycles. The molecule has 2 heterocycles. The Balaban J connectivity index is 1.59. The molecule has 128 valence electrons. The molecule has 0 aliphatic carbocycles. The predicted molar refractivity (Wildman–Crippen MR) is 98.1 cm³/mol. The maximum Gasteiger partial charge on any atom is 0.244 e. The Bertz CT molecular complexity index is 883. The summed E-state index contributed by atoms with van der Waals surface area (Å²) >= 11 is 0. The Kier molecular flexibility index (Phi) is 5.23. The number of fused-ring (bicyclic) bond motifs is 1. The van der Waals surface area contributed by atoms with Gasteiger partial charge in [-0.1, -0.05) is 42.0 Å². The molecular weight excluding hydrogens is 312 g/mol. The number of aromatic nitrogens is 3. The van der Waals surface area contributed by atoms with E-state index in [-0.39, 0.29) is 11.9 Å². The second kappa shape index (κ2) is 7.75. The first-order chi connectivity index (χ1) is 12.1. The van der Waals surface area contributed by atoms with Gasteiger partial charge in [0, 0.05) is 12.3 Å². The van der Waals surface area contributed by atoms with Crippen LogP contribution in [0.1, 0.15) is 37.7 Å². The number of rotatable bonds is 6. The Labute approximate surface area is 147 Å². The van der Waals surface area contributed by atoms with Gasteiger partial charge in [-0.3, -0.25) is 9.20 Å². The predicted octanol–water partition coefficient (Wildman–Crippen LogP) is 3.49. The third kappa shape index (κ3) is 4.32. The smallest absolute Gasteiger partial charge is 0.244 e. The number of aryl methyl sites for hydroxylation is 1. The van der Waals surface area contributed by atoms with Gasteiger partial charge in [-0.15, -0.1) is 10.2 Å².